The lowest BCUT2D eigenvalue weighted by Crippen LogP contribution is -2.49. The van der Waals surface area contributed by atoms with Crippen molar-refractivity contribution in [1.82, 2.24) is 15.1 Å². The Morgan fingerprint density at radius 2 is 1.73 bits per heavy atom. The summed E-state index contributed by atoms with van der Waals surface area (Å²) in [5, 5.41) is 5.44. The largest absolute Gasteiger partial charge is 0.497 e. The van der Waals surface area contributed by atoms with Crippen molar-refractivity contribution in [3.63, 3.8) is 0 Å². The maximum Gasteiger partial charge on any atom is 0.313 e. The van der Waals surface area contributed by atoms with E-state index in [1.807, 2.05) is 0 Å². The first-order valence-electron chi connectivity index (χ1n) is 10.2. The van der Waals surface area contributed by atoms with Crippen LogP contribution < -0.4 is 15.4 Å². The Labute approximate surface area is 178 Å². The molecule has 1 unspecified atom stereocenters. The van der Waals surface area contributed by atoms with Crippen LogP contribution in [0.4, 0.5) is 5.69 Å². The summed E-state index contributed by atoms with van der Waals surface area (Å²) in [5.41, 5.74) is 2.85. The summed E-state index contributed by atoms with van der Waals surface area (Å²) >= 11 is 0. The number of methoxy groups -OCH3 is 1. The van der Waals surface area contributed by atoms with E-state index in [9.17, 15) is 9.59 Å². The third-order valence-corrected chi connectivity index (χ3v) is 5.43. The molecular formula is C23H30N4O3. The predicted octanol–water partition coefficient (Wildman–Crippen LogP) is 2.05. The number of nitrogens with zero attached hydrogens (tertiary/aromatic N) is 2. The van der Waals surface area contributed by atoms with Crippen LogP contribution in [0.15, 0.2) is 48.5 Å². The van der Waals surface area contributed by atoms with Gasteiger partial charge in [0.1, 0.15) is 5.75 Å². The van der Waals surface area contributed by atoms with Gasteiger partial charge in [0.25, 0.3) is 0 Å². The second-order valence-corrected chi connectivity index (χ2v) is 7.66. The minimum atomic E-state index is -0.690. The molecule has 1 saturated heterocycles. The third-order valence-electron chi connectivity index (χ3n) is 5.43. The topological polar surface area (TPSA) is 73.9 Å². The number of rotatable bonds is 6. The summed E-state index contributed by atoms with van der Waals surface area (Å²) in [6.07, 6.45) is 0. The number of aryl methyl sites for hydroxylation is 1. The van der Waals surface area contributed by atoms with Crippen LogP contribution in [0.3, 0.4) is 0 Å². The summed E-state index contributed by atoms with van der Waals surface area (Å²) in [7, 11) is 3.67. The number of hydrogen-bond acceptors (Lipinski definition) is 5. The van der Waals surface area contributed by atoms with Crippen molar-refractivity contribution in [3.8, 4) is 5.75 Å². The number of benzene rings is 2. The van der Waals surface area contributed by atoms with Crippen molar-refractivity contribution >= 4 is 17.5 Å². The number of nitrogens with one attached hydrogen (secondary N) is 2. The van der Waals surface area contributed by atoms with Crippen molar-refractivity contribution < 1.29 is 14.3 Å². The molecule has 1 fully saturated rings. The minimum Gasteiger partial charge on any atom is -0.497 e. The molecular weight excluding hydrogens is 380 g/mol. The maximum atomic E-state index is 12.4. The molecule has 30 heavy (non-hydrogen) atoms. The molecule has 0 aromatic heterocycles. The first kappa shape index (κ1) is 21.8. The summed E-state index contributed by atoms with van der Waals surface area (Å²) in [6, 6.07) is 15.3. The molecule has 2 amide bonds. The number of anilines is 1. The Morgan fingerprint density at radius 3 is 2.40 bits per heavy atom. The number of likely N-dealkylation sites (N-methyl/N-ethyl adjacent to an activating group) is 1. The van der Waals surface area contributed by atoms with Gasteiger partial charge in [-0.25, -0.2) is 0 Å². The second-order valence-electron chi connectivity index (χ2n) is 7.66. The SMILES string of the molecule is COc1cccc(NC(=O)C(=O)NCC(c2ccc(C)cc2)N2CCN(C)CC2)c1. The molecule has 7 heteroatoms. The fourth-order valence-electron chi connectivity index (χ4n) is 3.54. The van der Waals surface area contributed by atoms with Crippen LogP contribution >= 0.6 is 0 Å². The van der Waals surface area contributed by atoms with Crippen LogP contribution in [-0.2, 0) is 9.59 Å². The van der Waals surface area contributed by atoms with Gasteiger partial charge in [0.05, 0.1) is 13.2 Å². The molecule has 0 bridgehead atoms. The highest BCUT2D eigenvalue weighted by atomic mass is 16.5. The van der Waals surface area contributed by atoms with Gasteiger partial charge in [-0.1, -0.05) is 35.9 Å². The van der Waals surface area contributed by atoms with E-state index in [1.165, 1.54) is 5.56 Å². The van der Waals surface area contributed by atoms with Crippen LogP contribution in [0.2, 0.25) is 0 Å². The van der Waals surface area contributed by atoms with E-state index in [0.29, 0.717) is 18.0 Å². The fraction of sp³-hybridized carbons (Fsp3) is 0.391. The highest BCUT2D eigenvalue weighted by Gasteiger charge is 2.25. The van der Waals surface area contributed by atoms with Crippen LogP contribution in [0.25, 0.3) is 0 Å². The number of carbonyl (C=O) groups excluding carboxylic acids is 2. The summed E-state index contributed by atoms with van der Waals surface area (Å²) in [6.45, 7) is 6.22. The van der Waals surface area contributed by atoms with E-state index in [0.717, 1.165) is 31.7 Å². The molecule has 3 rings (SSSR count). The van der Waals surface area contributed by atoms with Gasteiger partial charge in [0.15, 0.2) is 0 Å². The molecule has 1 atom stereocenters. The Bertz CT molecular complexity index is 861. The number of carbonyl (C=O) groups is 2. The van der Waals surface area contributed by atoms with Crippen LogP contribution in [0.5, 0.6) is 5.75 Å². The summed E-state index contributed by atoms with van der Waals surface area (Å²) in [5.74, 6) is -0.726. The Balaban J connectivity index is 1.64. The van der Waals surface area contributed by atoms with Gasteiger partial charge >= 0.3 is 11.8 Å². The lowest BCUT2D eigenvalue weighted by Gasteiger charge is -2.38. The van der Waals surface area contributed by atoms with Crippen LogP contribution in [-0.4, -0.2) is 68.5 Å². The first-order chi connectivity index (χ1) is 14.5. The predicted molar refractivity (Wildman–Crippen MR) is 118 cm³/mol. The lowest BCUT2D eigenvalue weighted by atomic mass is 10.0. The fourth-order valence-corrected chi connectivity index (χ4v) is 3.54. The van der Waals surface area contributed by atoms with Crippen molar-refractivity contribution in [1.29, 1.82) is 0 Å². The van der Waals surface area contributed by atoms with E-state index in [-0.39, 0.29) is 6.04 Å². The lowest BCUT2D eigenvalue weighted by molar-refractivity contribution is -0.136. The zero-order valence-electron chi connectivity index (χ0n) is 17.9. The standard InChI is InChI=1S/C23H30N4O3/c1-17-7-9-18(10-8-17)21(27-13-11-26(2)12-14-27)16-24-22(28)23(29)25-19-5-4-6-20(15-19)30-3/h4-10,15,21H,11-14,16H2,1-3H3,(H,24,28)(H,25,29). The van der Waals surface area contributed by atoms with Gasteiger partial charge in [-0.2, -0.15) is 0 Å². The average Bonchev–Trinajstić information content (AvgIpc) is 2.76. The molecule has 2 aromatic rings. The molecule has 1 aliphatic rings. The molecule has 0 aliphatic carbocycles. The Hall–Kier alpha value is -2.90. The first-order valence-corrected chi connectivity index (χ1v) is 10.2. The van der Waals surface area contributed by atoms with Gasteiger partial charge in [0.2, 0.25) is 0 Å². The van der Waals surface area contributed by atoms with E-state index >= 15 is 0 Å². The number of amides is 2. The van der Waals surface area contributed by atoms with Gasteiger partial charge in [-0.05, 0) is 31.7 Å². The monoisotopic (exact) mass is 410 g/mol. The zero-order valence-corrected chi connectivity index (χ0v) is 17.9. The molecule has 0 radical (unpaired) electrons. The van der Waals surface area contributed by atoms with Crippen LogP contribution in [0.1, 0.15) is 17.2 Å². The molecule has 1 aliphatic heterocycles. The zero-order chi connectivity index (χ0) is 21.5. The van der Waals surface area contributed by atoms with Crippen molar-refractivity contribution in [2.75, 3.05) is 52.2 Å². The molecule has 2 N–H and O–H groups in total. The Morgan fingerprint density at radius 1 is 1.03 bits per heavy atom. The van der Waals surface area contributed by atoms with Crippen molar-refractivity contribution in [2.45, 2.75) is 13.0 Å². The summed E-state index contributed by atoms with van der Waals surface area (Å²) in [4.78, 5) is 29.4. The van der Waals surface area contributed by atoms with E-state index in [4.69, 9.17) is 4.74 Å². The van der Waals surface area contributed by atoms with Crippen molar-refractivity contribution in [2.24, 2.45) is 0 Å². The normalized spacial score (nSPS) is 16.0. The summed E-state index contributed by atoms with van der Waals surface area (Å²) < 4.78 is 5.15. The van der Waals surface area contributed by atoms with E-state index < -0.39 is 11.8 Å². The highest BCUT2D eigenvalue weighted by Crippen LogP contribution is 2.22. The van der Waals surface area contributed by atoms with Crippen molar-refractivity contribution in [3.05, 3.63) is 59.7 Å². The smallest absolute Gasteiger partial charge is 0.313 e. The number of hydrogen-bond donors (Lipinski definition) is 2. The van der Waals surface area contributed by atoms with Crippen LogP contribution in [0, 0.1) is 6.92 Å². The molecule has 7 nitrogen and oxygen atoms in total. The van der Waals surface area contributed by atoms with Gasteiger partial charge in [-0.3, -0.25) is 14.5 Å². The third kappa shape index (κ3) is 5.81. The Kier molecular flexibility index (Phi) is 7.43. The molecule has 0 saturated carbocycles. The number of piperazine rings is 1. The van der Waals surface area contributed by atoms with Gasteiger partial charge < -0.3 is 20.3 Å². The maximum absolute atomic E-state index is 12.4. The highest BCUT2D eigenvalue weighted by molar-refractivity contribution is 6.39. The second kappa shape index (κ2) is 10.2. The number of ether oxygens (including phenoxy) is 1. The molecule has 0 spiro atoms. The molecule has 160 valence electrons. The van der Waals surface area contributed by atoms with E-state index in [2.05, 4.69) is 58.7 Å². The molecule has 1 heterocycles. The molecule has 2 aromatic carbocycles. The minimum absolute atomic E-state index is 0.0212. The van der Waals surface area contributed by atoms with Gasteiger partial charge in [-0.15, -0.1) is 0 Å². The van der Waals surface area contributed by atoms with Gasteiger partial charge in [0, 0.05) is 44.5 Å². The van der Waals surface area contributed by atoms with E-state index in [1.54, 1.807) is 31.4 Å². The average molecular weight is 411 g/mol. The quantitative estimate of drug-likeness (QED) is 0.713.